The fourth-order valence-corrected chi connectivity index (χ4v) is 3.55. The van der Waals surface area contributed by atoms with Gasteiger partial charge in [-0.15, -0.1) is 0 Å². The number of carbonyl (C=O) groups excluding carboxylic acids is 2. The molecular formula is C18H23NO3. The average molecular weight is 301 g/mol. The summed E-state index contributed by atoms with van der Waals surface area (Å²) in [5.74, 6) is 0.588. The van der Waals surface area contributed by atoms with E-state index in [2.05, 4.69) is 0 Å². The number of hydrogen-bond acceptors (Lipinski definition) is 3. The van der Waals surface area contributed by atoms with Crippen molar-refractivity contribution in [3.05, 3.63) is 35.9 Å². The molecule has 1 heterocycles. The van der Waals surface area contributed by atoms with E-state index in [0.717, 1.165) is 12.0 Å². The van der Waals surface area contributed by atoms with Gasteiger partial charge < -0.3 is 4.74 Å². The molecule has 1 aliphatic carbocycles. The molecule has 1 unspecified atom stereocenters. The highest BCUT2D eigenvalue weighted by Crippen LogP contribution is 2.29. The second-order valence-corrected chi connectivity index (χ2v) is 6.37. The molecule has 0 bridgehead atoms. The summed E-state index contributed by atoms with van der Waals surface area (Å²) in [6.45, 7) is 0.308. The summed E-state index contributed by atoms with van der Waals surface area (Å²) in [7, 11) is 0. The van der Waals surface area contributed by atoms with E-state index >= 15 is 0 Å². The summed E-state index contributed by atoms with van der Waals surface area (Å²) in [4.78, 5) is 25.7. The first-order valence-corrected chi connectivity index (χ1v) is 8.27. The maximum atomic E-state index is 12.4. The van der Waals surface area contributed by atoms with Crippen LogP contribution in [0.15, 0.2) is 30.3 Å². The molecule has 118 valence electrons. The van der Waals surface area contributed by atoms with Gasteiger partial charge in [-0.3, -0.25) is 4.79 Å². The summed E-state index contributed by atoms with van der Waals surface area (Å²) in [6.07, 6.45) is 6.57. The van der Waals surface area contributed by atoms with Crippen molar-refractivity contribution in [3.8, 4) is 0 Å². The minimum Gasteiger partial charge on any atom is -0.447 e. The number of hydrogen-bond donors (Lipinski definition) is 0. The molecule has 1 aromatic rings. The molecule has 22 heavy (non-hydrogen) atoms. The molecular weight excluding hydrogens is 278 g/mol. The lowest BCUT2D eigenvalue weighted by molar-refractivity contribution is -0.129. The zero-order chi connectivity index (χ0) is 15.4. The maximum absolute atomic E-state index is 12.4. The molecule has 1 saturated heterocycles. The highest BCUT2D eigenvalue weighted by atomic mass is 16.6. The molecule has 1 aromatic carbocycles. The number of benzene rings is 1. The van der Waals surface area contributed by atoms with Crippen LogP contribution in [0.3, 0.4) is 0 Å². The van der Waals surface area contributed by atoms with Gasteiger partial charge in [0.2, 0.25) is 5.91 Å². The van der Waals surface area contributed by atoms with Gasteiger partial charge in [0.1, 0.15) is 6.61 Å². The quantitative estimate of drug-likeness (QED) is 0.835. The minimum absolute atomic E-state index is 0.0738. The van der Waals surface area contributed by atoms with E-state index in [1.165, 1.54) is 30.6 Å². The molecule has 0 radical (unpaired) electrons. The van der Waals surface area contributed by atoms with Gasteiger partial charge in [-0.25, -0.2) is 9.69 Å². The van der Waals surface area contributed by atoms with Gasteiger partial charge in [0.15, 0.2) is 0 Å². The van der Waals surface area contributed by atoms with Crippen LogP contribution in [0.1, 0.15) is 44.1 Å². The Bertz CT molecular complexity index is 522. The number of cyclic esters (lactones) is 1. The first-order valence-electron chi connectivity index (χ1n) is 8.27. The molecule has 3 rings (SSSR count). The molecule has 4 heteroatoms. The molecule has 0 spiro atoms. The Balaban J connectivity index is 1.58. The van der Waals surface area contributed by atoms with Gasteiger partial charge >= 0.3 is 6.09 Å². The Kier molecular flexibility index (Phi) is 4.76. The van der Waals surface area contributed by atoms with Crippen LogP contribution in [-0.4, -0.2) is 29.5 Å². The van der Waals surface area contributed by atoms with Gasteiger partial charge in [0, 0.05) is 6.42 Å². The number of rotatable bonds is 5. The summed E-state index contributed by atoms with van der Waals surface area (Å²) < 4.78 is 5.11. The van der Waals surface area contributed by atoms with Crippen LogP contribution < -0.4 is 0 Å². The second-order valence-electron chi connectivity index (χ2n) is 6.37. The Hall–Kier alpha value is -1.84. The summed E-state index contributed by atoms with van der Waals surface area (Å²) >= 11 is 0. The summed E-state index contributed by atoms with van der Waals surface area (Å²) in [6, 6.07) is 9.78. The van der Waals surface area contributed by atoms with Crippen molar-refractivity contribution < 1.29 is 14.3 Å². The van der Waals surface area contributed by atoms with Gasteiger partial charge in [0.25, 0.3) is 0 Å². The smallest absolute Gasteiger partial charge is 0.416 e. The summed E-state index contributed by atoms with van der Waals surface area (Å²) in [5.41, 5.74) is 1.12. The third-order valence-electron chi connectivity index (χ3n) is 4.79. The van der Waals surface area contributed by atoms with Crippen LogP contribution in [0, 0.1) is 5.92 Å². The van der Waals surface area contributed by atoms with E-state index in [-0.39, 0.29) is 11.9 Å². The van der Waals surface area contributed by atoms with Crippen LogP contribution in [0.25, 0.3) is 0 Å². The Morgan fingerprint density at radius 2 is 1.91 bits per heavy atom. The van der Waals surface area contributed by atoms with Crippen LogP contribution >= 0.6 is 0 Å². The lowest BCUT2D eigenvalue weighted by Gasteiger charge is -2.20. The summed E-state index contributed by atoms with van der Waals surface area (Å²) in [5, 5.41) is 0. The molecule has 1 saturated carbocycles. The molecule has 2 amide bonds. The third-order valence-corrected chi connectivity index (χ3v) is 4.79. The van der Waals surface area contributed by atoms with E-state index in [1.54, 1.807) is 0 Å². The van der Waals surface area contributed by atoms with Crippen LogP contribution in [0.4, 0.5) is 4.79 Å². The van der Waals surface area contributed by atoms with E-state index in [4.69, 9.17) is 4.74 Å². The minimum atomic E-state index is -0.475. The van der Waals surface area contributed by atoms with Gasteiger partial charge in [-0.05, 0) is 24.3 Å². The predicted molar refractivity (Wildman–Crippen MR) is 83.3 cm³/mol. The van der Waals surface area contributed by atoms with E-state index in [0.29, 0.717) is 25.4 Å². The topological polar surface area (TPSA) is 46.6 Å². The number of nitrogens with zero attached hydrogens (tertiary/aromatic N) is 1. The number of imide groups is 1. The number of ether oxygens (including phenoxy) is 1. The Morgan fingerprint density at radius 3 is 2.64 bits per heavy atom. The van der Waals surface area contributed by atoms with Gasteiger partial charge in [0.05, 0.1) is 6.04 Å². The molecule has 0 N–H and O–H groups in total. The van der Waals surface area contributed by atoms with Crippen LogP contribution in [0.5, 0.6) is 0 Å². The van der Waals surface area contributed by atoms with Crippen molar-refractivity contribution in [1.29, 1.82) is 0 Å². The lowest BCUT2D eigenvalue weighted by atomic mass is 10.0. The van der Waals surface area contributed by atoms with Crippen LogP contribution in [-0.2, 0) is 16.0 Å². The second kappa shape index (κ2) is 6.95. The third kappa shape index (κ3) is 3.49. The van der Waals surface area contributed by atoms with Gasteiger partial charge in [-0.1, -0.05) is 56.0 Å². The molecule has 2 fully saturated rings. The molecule has 0 aromatic heterocycles. The van der Waals surface area contributed by atoms with Crippen molar-refractivity contribution >= 4 is 12.0 Å². The fourth-order valence-electron chi connectivity index (χ4n) is 3.55. The lowest BCUT2D eigenvalue weighted by Crippen LogP contribution is -2.40. The maximum Gasteiger partial charge on any atom is 0.416 e. The molecule has 4 nitrogen and oxygen atoms in total. The van der Waals surface area contributed by atoms with E-state index in [1.807, 2.05) is 30.3 Å². The monoisotopic (exact) mass is 301 g/mol. The first-order chi connectivity index (χ1) is 10.7. The molecule has 1 atom stereocenters. The van der Waals surface area contributed by atoms with Crippen molar-refractivity contribution in [2.75, 3.05) is 6.61 Å². The van der Waals surface area contributed by atoms with Crippen molar-refractivity contribution in [1.82, 2.24) is 4.90 Å². The normalized spacial score (nSPS) is 22.1. The SMILES string of the molecule is O=C(CCC1CCCC1)N1C(=O)OCC1Cc1ccccc1. The Morgan fingerprint density at radius 1 is 1.18 bits per heavy atom. The predicted octanol–water partition coefficient (Wildman–Crippen LogP) is 3.55. The van der Waals surface area contributed by atoms with Crippen molar-refractivity contribution in [3.63, 3.8) is 0 Å². The first kappa shape index (κ1) is 15.1. The molecule has 2 aliphatic rings. The van der Waals surface area contributed by atoms with Gasteiger partial charge in [-0.2, -0.15) is 0 Å². The van der Waals surface area contributed by atoms with E-state index < -0.39 is 6.09 Å². The van der Waals surface area contributed by atoms with Crippen LogP contribution in [0.2, 0.25) is 0 Å². The Labute approximate surface area is 131 Å². The highest BCUT2D eigenvalue weighted by molar-refractivity contribution is 5.93. The fraction of sp³-hybridized carbons (Fsp3) is 0.556. The standard InChI is InChI=1S/C18H23NO3/c20-17(11-10-14-6-4-5-7-14)19-16(13-22-18(19)21)12-15-8-2-1-3-9-15/h1-3,8-9,14,16H,4-7,10-13H2. The number of carbonyl (C=O) groups is 2. The zero-order valence-electron chi connectivity index (χ0n) is 12.9. The van der Waals surface area contributed by atoms with Crippen molar-refractivity contribution in [2.24, 2.45) is 5.92 Å². The highest BCUT2D eigenvalue weighted by Gasteiger charge is 2.37. The average Bonchev–Trinajstić information content (AvgIpc) is 3.16. The number of amides is 2. The molecule has 1 aliphatic heterocycles. The van der Waals surface area contributed by atoms with E-state index in [9.17, 15) is 9.59 Å². The largest absolute Gasteiger partial charge is 0.447 e. The zero-order valence-corrected chi connectivity index (χ0v) is 12.9. The van der Waals surface area contributed by atoms with Crippen molar-refractivity contribution in [2.45, 2.75) is 51.0 Å².